The van der Waals surface area contributed by atoms with Crippen LogP contribution in [0.5, 0.6) is 0 Å². The van der Waals surface area contributed by atoms with Crippen molar-refractivity contribution in [1.29, 1.82) is 5.26 Å². The molecule has 0 aliphatic rings. The highest BCUT2D eigenvalue weighted by Crippen LogP contribution is 2.53. The Morgan fingerprint density at radius 3 is 1.50 bits per heavy atom. The summed E-state index contributed by atoms with van der Waals surface area (Å²) in [6, 6.07) is 0. The van der Waals surface area contributed by atoms with Gasteiger partial charge in [-0.05, 0) is 11.8 Å². The van der Waals surface area contributed by atoms with E-state index in [9.17, 15) is 57.1 Å². The maximum absolute atomic E-state index is 13.6. The lowest BCUT2D eigenvalue weighted by atomic mass is 10.2. The number of ether oxygens (including phenoxy) is 2. The number of nitriles is 1. The number of hydrogen-bond acceptors (Lipinski definition) is 4. The first kappa shape index (κ1) is 24.8. The normalized spacial score (nSPS) is 18.8. The van der Waals surface area contributed by atoms with Crippen LogP contribution in [0.3, 0.4) is 0 Å². The van der Waals surface area contributed by atoms with Crippen molar-refractivity contribution in [2.45, 2.75) is 43.0 Å². The highest BCUT2D eigenvalue weighted by atomic mass is 32.2. The van der Waals surface area contributed by atoms with Gasteiger partial charge in [-0.2, -0.15) is 44.8 Å². The van der Waals surface area contributed by atoms with E-state index in [1.54, 1.807) is 4.74 Å². The third kappa shape index (κ3) is 5.67. The van der Waals surface area contributed by atoms with Crippen molar-refractivity contribution >= 4 is 11.8 Å². The Bertz CT molecular complexity index is 524. The number of halogens is 13. The Morgan fingerprint density at radius 1 is 0.731 bits per heavy atom. The minimum atomic E-state index is -7.29. The summed E-state index contributed by atoms with van der Waals surface area (Å²) in [5.74, 6) is -14.2. The van der Waals surface area contributed by atoms with E-state index in [0.29, 0.717) is 0 Å². The zero-order chi connectivity index (χ0) is 21.2. The molecule has 0 amide bonds. The Hall–Kier alpha value is -1.15. The summed E-state index contributed by atoms with van der Waals surface area (Å²) < 4.78 is 167. The fourth-order valence-electron chi connectivity index (χ4n) is 1.19. The lowest BCUT2D eigenvalue weighted by Crippen LogP contribution is -2.64. The smallest absolute Gasteiger partial charge is 0.270 e. The first-order valence-electron chi connectivity index (χ1n) is 5.59. The van der Waals surface area contributed by atoms with Gasteiger partial charge in [0.1, 0.15) is 5.40 Å². The Labute approximate surface area is 139 Å². The van der Waals surface area contributed by atoms with Crippen LogP contribution in [0.25, 0.3) is 0 Å². The number of thiocyanates is 1. The Kier molecular flexibility index (Phi) is 7.13. The molecule has 0 heterocycles. The van der Waals surface area contributed by atoms with Crippen molar-refractivity contribution in [2.24, 2.45) is 0 Å². The predicted molar refractivity (Wildman–Crippen MR) is 55.6 cm³/mol. The molecule has 0 rings (SSSR count). The molecule has 3 nitrogen and oxygen atoms in total. The molecule has 0 aliphatic carbocycles. The monoisotopic (exact) mass is 437 g/mol. The summed E-state index contributed by atoms with van der Waals surface area (Å²) in [4.78, 5) is 0. The van der Waals surface area contributed by atoms with Gasteiger partial charge in [0.15, 0.2) is 0 Å². The molecule has 0 saturated carbocycles. The summed E-state index contributed by atoms with van der Waals surface area (Å²) in [6.45, 7) is 0. The molecular formula is C9H4F13NO2S. The van der Waals surface area contributed by atoms with Crippen LogP contribution in [0.4, 0.5) is 57.1 Å². The van der Waals surface area contributed by atoms with Gasteiger partial charge in [0.2, 0.25) is 0 Å². The standard InChI is InChI=1S/C9H4F13NO2S/c10-4(6(12,13)14,1-2-26-3-23)24-8(18,19)5(11,7(15,16)17)25-9(20,21)22/h1-2H2. The molecule has 26 heavy (non-hydrogen) atoms. The Balaban J connectivity index is 6.01. The maximum Gasteiger partial charge on any atom is 0.525 e. The van der Waals surface area contributed by atoms with E-state index >= 15 is 0 Å². The molecule has 0 radical (unpaired) electrons. The summed E-state index contributed by atoms with van der Waals surface area (Å²) >= 11 is -0.186. The summed E-state index contributed by atoms with van der Waals surface area (Å²) in [7, 11) is 0. The van der Waals surface area contributed by atoms with Crippen molar-refractivity contribution in [3.05, 3.63) is 0 Å². The second-order valence-electron chi connectivity index (χ2n) is 4.18. The summed E-state index contributed by atoms with van der Waals surface area (Å²) in [5.41, 5.74) is 0. The molecule has 2 unspecified atom stereocenters. The van der Waals surface area contributed by atoms with E-state index in [1.165, 1.54) is 0 Å². The second kappa shape index (κ2) is 7.46. The maximum atomic E-state index is 13.6. The van der Waals surface area contributed by atoms with Gasteiger partial charge in [0, 0.05) is 12.2 Å². The molecule has 0 aromatic rings. The van der Waals surface area contributed by atoms with E-state index in [2.05, 4.69) is 4.74 Å². The highest BCUT2D eigenvalue weighted by Gasteiger charge is 2.80. The number of nitrogens with zero attached hydrogens (tertiary/aromatic N) is 1. The van der Waals surface area contributed by atoms with E-state index in [0.717, 1.165) is 5.40 Å². The van der Waals surface area contributed by atoms with Crippen LogP contribution in [-0.4, -0.2) is 42.3 Å². The van der Waals surface area contributed by atoms with E-state index in [1.807, 2.05) is 0 Å². The first-order valence-corrected chi connectivity index (χ1v) is 6.58. The zero-order valence-electron chi connectivity index (χ0n) is 11.5. The van der Waals surface area contributed by atoms with Crippen molar-refractivity contribution in [3.8, 4) is 5.40 Å². The molecular weight excluding hydrogens is 433 g/mol. The SMILES string of the molecule is N#CSCCC(F)(OC(F)(F)C(F)(OC(F)(F)F)C(F)(F)F)C(F)(F)F. The van der Waals surface area contributed by atoms with Gasteiger partial charge in [0.05, 0.1) is 0 Å². The molecule has 0 bridgehead atoms. The Morgan fingerprint density at radius 2 is 1.19 bits per heavy atom. The van der Waals surface area contributed by atoms with Crippen LogP contribution in [0, 0.1) is 10.7 Å². The van der Waals surface area contributed by atoms with Crippen LogP contribution >= 0.6 is 11.8 Å². The van der Waals surface area contributed by atoms with Crippen molar-refractivity contribution in [3.63, 3.8) is 0 Å². The van der Waals surface area contributed by atoms with E-state index in [4.69, 9.17) is 5.26 Å². The highest BCUT2D eigenvalue weighted by molar-refractivity contribution is 8.03. The summed E-state index contributed by atoms with van der Waals surface area (Å²) in [6.07, 6.45) is -30.0. The topological polar surface area (TPSA) is 42.2 Å². The van der Waals surface area contributed by atoms with E-state index < -0.39 is 48.7 Å². The van der Waals surface area contributed by atoms with Crippen LogP contribution in [0.2, 0.25) is 0 Å². The minimum Gasteiger partial charge on any atom is -0.270 e. The van der Waals surface area contributed by atoms with Crippen molar-refractivity contribution < 1.29 is 66.5 Å². The minimum absolute atomic E-state index is 0.186. The van der Waals surface area contributed by atoms with Gasteiger partial charge in [-0.25, -0.2) is 9.13 Å². The quantitative estimate of drug-likeness (QED) is 0.312. The van der Waals surface area contributed by atoms with Gasteiger partial charge >= 0.3 is 36.5 Å². The average Bonchev–Trinajstić information content (AvgIpc) is 2.33. The molecule has 0 saturated heterocycles. The number of thioether (sulfide) groups is 1. The van der Waals surface area contributed by atoms with E-state index in [-0.39, 0.29) is 11.8 Å². The predicted octanol–water partition coefficient (Wildman–Crippen LogP) is 5.19. The van der Waals surface area contributed by atoms with Crippen LogP contribution in [-0.2, 0) is 9.47 Å². The third-order valence-corrected chi connectivity index (χ3v) is 2.84. The van der Waals surface area contributed by atoms with Crippen LogP contribution < -0.4 is 0 Å². The van der Waals surface area contributed by atoms with Crippen molar-refractivity contribution in [1.82, 2.24) is 0 Å². The molecule has 0 N–H and O–H groups in total. The van der Waals surface area contributed by atoms with Gasteiger partial charge in [-0.3, -0.25) is 4.74 Å². The number of hydrogen-bond donors (Lipinski definition) is 0. The number of alkyl halides is 13. The fraction of sp³-hybridized carbons (Fsp3) is 0.889. The van der Waals surface area contributed by atoms with Gasteiger partial charge < -0.3 is 0 Å². The van der Waals surface area contributed by atoms with Gasteiger partial charge in [-0.1, -0.05) is 0 Å². The number of rotatable bonds is 7. The largest absolute Gasteiger partial charge is 0.525 e. The lowest BCUT2D eigenvalue weighted by Gasteiger charge is -2.38. The molecule has 0 aliphatic heterocycles. The first-order chi connectivity index (χ1) is 11.2. The molecule has 0 fully saturated rings. The summed E-state index contributed by atoms with van der Waals surface area (Å²) in [5, 5.41) is 9.08. The van der Waals surface area contributed by atoms with Crippen molar-refractivity contribution in [2.75, 3.05) is 5.75 Å². The van der Waals surface area contributed by atoms with Crippen LogP contribution in [0.1, 0.15) is 6.42 Å². The fourth-order valence-corrected chi connectivity index (χ4v) is 1.65. The molecule has 0 aromatic heterocycles. The molecule has 17 heteroatoms. The molecule has 2 atom stereocenters. The second-order valence-corrected chi connectivity index (χ2v) is 5.06. The average molecular weight is 437 g/mol. The molecule has 0 spiro atoms. The van der Waals surface area contributed by atoms with Crippen LogP contribution in [0.15, 0.2) is 0 Å². The third-order valence-electron chi connectivity index (χ3n) is 2.30. The lowest BCUT2D eigenvalue weighted by molar-refractivity contribution is -0.543. The molecule has 0 aromatic carbocycles. The van der Waals surface area contributed by atoms with Gasteiger partial charge in [-0.15, -0.1) is 13.2 Å². The van der Waals surface area contributed by atoms with Gasteiger partial charge in [0.25, 0.3) is 0 Å². The molecule has 154 valence electrons. The zero-order valence-corrected chi connectivity index (χ0v) is 12.3.